The van der Waals surface area contributed by atoms with E-state index in [1.165, 1.54) is 6.42 Å². The van der Waals surface area contributed by atoms with Gasteiger partial charge in [-0.1, -0.05) is 70.4 Å². The number of hydrogen-bond donors (Lipinski definition) is 0. The third kappa shape index (κ3) is 5.12. The van der Waals surface area contributed by atoms with Crippen LogP contribution in [0.15, 0.2) is 34.7 Å². The molecule has 0 N–H and O–H groups in total. The molecule has 2 aromatic rings. The third-order valence-electron chi connectivity index (χ3n) is 6.88. The van der Waals surface area contributed by atoms with Crippen molar-refractivity contribution in [2.75, 3.05) is 19.0 Å². The molecule has 5 nitrogen and oxygen atoms in total. The highest BCUT2D eigenvalue weighted by molar-refractivity contribution is 6.73. The van der Waals surface area contributed by atoms with Gasteiger partial charge in [-0.3, -0.25) is 4.79 Å². The van der Waals surface area contributed by atoms with Gasteiger partial charge >= 0.3 is 0 Å². The Bertz CT molecular complexity index is 845. The lowest BCUT2D eigenvalue weighted by molar-refractivity contribution is -0.00942. The lowest BCUT2D eigenvalue weighted by atomic mass is 9.85. The molecule has 1 aliphatic carbocycles. The second kappa shape index (κ2) is 10.1. The van der Waals surface area contributed by atoms with E-state index in [-0.39, 0.29) is 5.78 Å². The molecular weight excluding hydrogens is 404 g/mol. The molecule has 1 aromatic heterocycles. The van der Waals surface area contributed by atoms with Gasteiger partial charge in [-0.05, 0) is 36.5 Å². The Morgan fingerprint density at radius 1 is 1.06 bits per heavy atom. The van der Waals surface area contributed by atoms with Gasteiger partial charge in [0.1, 0.15) is 5.60 Å². The number of ketones is 1. The first-order valence-corrected chi connectivity index (χ1v) is 14.4. The van der Waals surface area contributed by atoms with E-state index in [4.69, 9.17) is 13.8 Å². The van der Waals surface area contributed by atoms with Crippen molar-refractivity contribution < 1.29 is 13.6 Å². The van der Waals surface area contributed by atoms with Gasteiger partial charge in [-0.25, -0.2) is 4.98 Å². The largest absolute Gasteiger partial charge is 0.421 e. The van der Waals surface area contributed by atoms with Gasteiger partial charge in [0, 0.05) is 20.5 Å². The zero-order valence-electron chi connectivity index (χ0n) is 19.9. The monoisotopic (exact) mass is 442 g/mol. The van der Waals surface area contributed by atoms with Gasteiger partial charge in [-0.15, -0.1) is 0 Å². The summed E-state index contributed by atoms with van der Waals surface area (Å²) < 4.78 is 13.4. The van der Waals surface area contributed by atoms with Gasteiger partial charge in [0.2, 0.25) is 11.8 Å². The van der Waals surface area contributed by atoms with Crippen molar-refractivity contribution in [3.05, 3.63) is 47.5 Å². The summed E-state index contributed by atoms with van der Waals surface area (Å²) in [6.45, 7) is 6.77. The molecule has 1 saturated carbocycles. The summed E-state index contributed by atoms with van der Waals surface area (Å²) in [5, 5.41) is 0. The molecule has 1 fully saturated rings. The fourth-order valence-electron chi connectivity index (χ4n) is 4.72. The smallest absolute Gasteiger partial charge is 0.228 e. The zero-order valence-corrected chi connectivity index (χ0v) is 20.9. The van der Waals surface area contributed by atoms with E-state index in [1.807, 2.05) is 49.3 Å². The molecule has 0 unspecified atom stereocenters. The molecule has 0 radical (unpaired) electrons. The van der Waals surface area contributed by atoms with Crippen molar-refractivity contribution in [3.8, 4) is 0 Å². The fraction of sp³-hybridized carbons (Fsp3) is 0.600. The molecule has 0 amide bonds. The third-order valence-corrected chi connectivity index (χ3v) is 11.6. The Morgan fingerprint density at radius 2 is 1.68 bits per heavy atom. The van der Waals surface area contributed by atoms with Gasteiger partial charge < -0.3 is 13.7 Å². The minimum Gasteiger partial charge on any atom is -0.421 e. The molecule has 1 heterocycles. The van der Waals surface area contributed by atoms with Crippen LogP contribution >= 0.6 is 0 Å². The van der Waals surface area contributed by atoms with Gasteiger partial charge in [0.15, 0.2) is 19.8 Å². The summed E-state index contributed by atoms with van der Waals surface area (Å²) in [6, 6.07) is 13.1. The van der Waals surface area contributed by atoms with Crippen molar-refractivity contribution in [2.45, 2.75) is 83.0 Å². The maximum atomic E-state index is 13.2. The molecule has 0 bridgehead atoms. The van der Waals surface area contributed by atoms with E-state index in [0.29, 0.717) is 23.9 Å². The number of anilines is 1. The lowest BCUT2D eigenvalue weighted by Crippen LogP contribution is -2.47. The second-order valence-corrected chi connectivity index (χ2v) is 13.7. The maximum absolute atomic E-state index is 13.2. The highest BCUT2D eigenvalue weighted by Gasteiger charge is 2.46. The summed E-state index contributed by atoms with van der Waals surface area (Å²) in [7, 11) is 1.93. The Morgan fingerprint density at radius 3 is 2.23 bits per heavy atom. The van der Waals surface area contributed by atoms with Crippen LogP contribution in [0.4, 0.5) is 5.88 Å². The van der Waals surface area contributed by atoms with Gasteiger partial charge in [-0.2, -0.15) is 0 Å². The minimum atomic E-state index is -1.88. The van der Waals surface area contributed by atoms with Crippen LogP contribution in [0.1, 0.15) is 74.8 Å². The van der Waals surface area contributed by atoms with E-state index >= 15 is 0 Å². The highest BCUT2D eigenvalue weighted by atomic mass is 28.4. The van der Waals surface area contributed by atoms with Crippen LogP contribution in [-0.2, 0) is 16.4 Å². The number of oxazole rings is 1. The van der Waals surface area contributed by atoms with E-state index < -0.39 is 13.9 Å². The number of aromatic nitrogens is 1. The van der Waals surface area contributed by atoms with Crippen LogP contribution < -0.4 is 4.90 Å². The molecule has 0 spiro atoms. The number of Topliss-reactive ketones (excluding diaryl/α,β-unsaturated/α-hetero) is 1. The van der Waals surface area contributed by atoms with Crippen LogP contribution in [0.2, 0.25) is 18.1 Å². The standard InChI is InChI=1S/C25H38N2O3Si/c1-6-31(7-2,8-3)30-25(17-13-10-14-18-25)24-26-22(23(29-24)27(4)5)21(28)19-20-15-11-9-12-16-20/h9,11-12,15-16H,6-8,10,13-14,17-19H2,1-5H3. The Kier molecular flexibility index (Phi) is 7.76. The Balaban J connectivity index is 2.00. The molecule has 170 valence electrons. The maximum Gasteiger partial charge on any atom is 0.228 e. The number of carbonyl (C=O) groups is 1. The molecular formula is C25H38N2O3Si. The average Bonchev–Trinajstić information content (AvgIpc) is 3.26. The molecule has 0 atom stereocenters. The molecule has 3 rings (SSSR count). The van der Waals surface area contributed by atoms with E-state index in [1.54, 1.807) is 0 Å². The van der Waals surface area contributed by atoms with Crippen LogP contribution in [0, 0.1) is 0 Å². The Hall–Kier alpha value is -1.92. The molecule has 0 saturated heterocycles. The number of carbonyl (C=O) groups excluding carboxylic acids is 1. The molecule has 1 aromatic carbocycles. The highest BCUT2D eigenvalue weighted by Crippen LogP contribution is 2.45. The van der Waals surface area contributed by atoms with Crippen molar-refractivity contribution in [3.63, 3.8) is 0 Å². The summed E-state index contributed by atoms with van der Waals surface area (Å²) in [6.07, 6.45) is 5.58. The molecule has 1 aliphatic rings. The summed E-state index contributed by atoms with van der Waals surface area (Å²) >= 11 is 0. The zero-order chi connectivity index (χ0) is 22.5. The summed E-state index contributed by atoms with van der Waals surface area (Å²) in [5.41, 5.74) is 0.914. The number of benzene rings is 1. The van der Waals surface area contributed by atoms with Crippen molar-refractivity contribution in [2.24, 2.45) is 0 Å². The fourth-order valence-corrected chi connectivity index (χ4v) is 7.77. The van der Waals surface area contributed by atoms with Crippen LogP contribution in [-0.4, -0.2) is 33.2 Å². The predicted octanol–water partition coefficient (Wildman–Crippen LogP) is 6.35. The topological polar surface area (TPSA) is 55.6 Å². The van der Waals surface area contributed by atoms with Crippen LogP contribution in [0.25, 0.3) is 0 Å². The quantitative estimate of drug-likeness (QED) is 0.317. The number of rotatable bonds is 10. The van der Waals surface area contributed by atoms with Crippen LogP contribution in [0.3, 0.4) is 0 Å². The number of nitrogens with zero attached hydrogens (tertiary/aromatic N) is 2. The first-order chi connectivity index (χ1) is 14.9. The molecule has 6 heteroatoms. The average molecular weight is 443 g/mol. The van der Waals surface area contributed by atoms with E-state index in [9.17, 15) is 4.79 Å². The van der Waals surface area contributed by atoms with Crippen molar-refractivity contribution in [1.82, 2.24) is 4.98 Å². The van der Waals surface area contributed by atoms with Crippen molar-refractivity contribution >= 4 is 20.0 Å². The molecule has 0 aliphatic heterocycles. The van der Waals surface area contributed by atoms with E-state index in [0.717, 1.165) is 49.4 Å². The van der Waals surface area contributed by atoms with E-state index in [2.05, 4.69) is 20.8 Å². The molecule has 31 heavy (non-hydrogen) atoms. The normalized spacial score (nSPS) is 16.3. The van der Waals surface area contributed by atoms with Crippen LogP contribution in [0.5, 0.6) is 0 Å². The predicted molar refractivity (Wildman–Crippen MR) is 128 cm³/mol. The summed E-state index contributed by atoms with van der Waals surface area (Å²) in [4.78, 5) is 19.9. The second-order valence-electron chi connectivity index (χ2n) is 9.05. The first-order valence-electron chi connectivity index (χ1n) is 11.8. The number of hydrogen-bond acceptors (Lipinski definition) is 5. The van der Waals surface area contributed by atoms with Gasteiger partial charge in [0.05, 0.1) is 0 Å². The van der Waals surface area contributed by atoms with Gasteiger partial charge in [0.25, 0.3) is 0 Å². The minimum absolute atomic E-state index is 0.0131. The SMILES string of the molecule is CC[Si](CC)(CC)OC1(c2nc(C(=O)Cc3ccccc3)c(N(C)C)o2)CCCCC1. The Labute approximate surface area is 188 Å². The summed E-state index contributed by atoms with van der Waals surface area (Å²) in [5.74, 6) is 1.14. The first kappa shape index (κ1) is 23.7. The lowest BCUT2D eigenvalue weighted by Gasteiger charge is -2.42. The van der Waals surface area contributed by atoms with Crippen molar-refractivity contribution in [1.29, 1.82) is 0 Å².